The first-order chi connectivity index (χ1) is 7.42. The molecule has 3 nitrogen and oxygen atoms in total. The van der Waals surface area contributed by atoms with Gasteiger partial charge >= 0.3 is 6.18 Å². The van der Waals surface area contributed by atoms with Crippen molar-refractivity contribution in [3.05, 3.63) is 0 Å². The smallest absolute Gasteiger partial charge is 0.395 e. The lowest BCUT2D eigenvalue weighted by Gasteiger charge is -2.24. The Labute approximate surface area is 94.6 Å². The number of halogens is 3. The van der Waals surface area contributed by atoms with Crippen molar-refractivity contribution in [2.45, 2.75) is 32.5 Å². The number of alkyl halides is 3. The monoisotopic (exact) mass is 242 g/mol. The Kier molecular flexibility index (Phi) is 7.70. The van der Waals surface area contributed by atoms with Gasteiger partial charge in [0.1, 0.15) is 0 Å². The molecule has 16 heavy (non-hydrogen) atoms. The fourth-order valence-electron chi connectivity index (χ4n) is 1.49. The van der Waals surface area contributed by atoms with Gasteiger partial charge in [-0.15, -0.1) is 0 Å². The first kappa shape index (κ1) is 15.7. The molecule has 0 fully saturated rings. The van der Waals surface area contributed by atoms with Crippen LogP contribution >= 0.6 is 0 Å². The van der Waals surface area contributed by atoms with Gasteiger partial charge in [-0.25, -0.2) is 0 Å². The summed E-state index contributed by atoms with van der Waals surface area (Å²) in [6, 6.07) is -0.118. The molecule has 0 bridgehead atoms. The highest BCUT2D eigenvalue weighted by Crippen LogP contribution is 2.16. The number of hydrogen-bond acceptors (Lipinski definition) is 3. The van der Waals surface area contributed by atoms with Gasteiger partial charge in [-0.3, -0.25) is 4.90 Å². The molecule has 0 aromatic carbocycles. The zero-order chi connectivity index (χ0) is 12.6. The van der Waals surface area contributed by atoms with Gasteiger partial charge in [0.05, 0.1) is 13.2 Å². The van der Waals surface area contributed by atoms with Crippen molar-refractivity contribution in [2.24, 2.45) is 0 Å². The Balaban J connectivity index is 3.93. The Hall–Kier alpha value is -0.330. The lowest BCUT2D eigenvalue weighted by atomic mass is 10.2. The Bertz CT molecular complexity index is 176. The molecule has 2 N–H and O–H groups in total. The summed E-state index contributed by atoms with van der Waals surface area (Å²) in [6.45, 7) is 4.09. The zero-order valence-corrected chi connectivity index (χ0v) is 9.85. The lowest BCUT2D eigenvalue weighted by Crippen LogP contribution is -2.39. The summed E-state index contributed by atoms with van der Waals surface area (Å²) in [5.41, 5.74) is 0. The van der Waals surface area contributed by atoms with Gasteiger partial charge in [0.15, 0.2) is 0 Å². The van der Waals surface area contributed by atoms with Gasteiger partial charge < -0.3 is 10.4 Å². The Morgan fingerprint density at radius 1 is 1.31 bits per heavy atom. The molecule has 0 spiro atoms. The average molecular weight is 242 g/mol. The van der Waals surface area contributed by atoms with Crippen molar-refractivity contribution in [1.82, 2.24) is 10.2 Å². The van der Waals surface area contributed by atoms with Crippen molar-refractivity contribution in [1.29, 1.82) is 0 Å². The molecule has 98 valence electrons. The minimum Gasteiger partial charge on any atom is -0.395 e. The number of hydrogen-bond donors (Lipinski definition) is 2. The maximum atomic E-state index is 12.1. The molecule has 0 saturated carbocycles. The molecule has 0 aromatic heterocycles. The standard InChI is InChI=1S/C10H21F3N2O/c1-3-14-9(7-16)5-6-15(4-2)8-10(11,12)13/h9,14,16H,3-8H2,1-2H3. The van der Waals surface area contributed by atoms with Crippen molar-refractivity contribution in [3.63, 3.8) is 0 Å². The molecule has 0 saturated heterocycles. The SMILES string of the molecule is CCNC(CO)CCN(CC)CC(F)(F)F. The van der Waals surface area contributed by atoms with E-state index in [1.807, 2.05) is 6.92 Å². The first-order valence-corrected chi connectivity index (χ1v) is 5.56. The summed E-state index contributed by atoms with van der Waals surface area (Å²) >= 11 is 0. The van der Waals surface area contributed by atoms with Crippen LogP contribution in [0.3, 0.4) is 0 Å². The third-order valence-electron chi connectivity index (χ3n) is 2.36. The van der Waals surface area contributed by atoms with E-state index in [4.69, 9.17) is 5.11 Å². The quantitative estimate of drug-likeness (QED) is 0.672. The number of nitrogens with zero attached hydrogens (tertiary/aromatic N) is 1. The van der Waals surface area contributed by atoms with E-state index in [-0.39, 0.29) is 12.6 Å². The highest BCUT2D eigenvalue weighted by atomic mass is 19.4. The molecule has 0 aliphatic heterocycles. The van der Waals surface area contributed by atoms with E-state index < -0.39 is 12.7 Å². The predicted molar refractivity (Wildman–Crippen MR) is 57.3 cm³/mol. The molecule has 0 aromatic rings. The molecular formula is C10H21F3N2O. The minimum atomic E-state index is -4.15. The third kappa shape index (κ3) is 7.90. The molecule has 6 heteroatoms. The normalized spacial score (nSPS) is 14.4. The second kappa shape index (κ2) is 7.86. The maximum Gasteiger partial charge on any atom is 0.401 e. The molecule has 0 heterocycles. The number of likely N-dealkylation sites (N-methyl/N-ethyl adjacent to an activating group) is 1. The van der Waals surface area contributed by atoms with Gasteiger partial charge in [-0.1, -0.05) is 13.8 Å². The molecule has 1 unspecified atom stereocenters. The number of aliphatic hydroxyl groups is 1. The first-order valence-electron chi connectivity index (χ1n) is 5.56. The molecule has 0 aliphatic carbocycles. The summed E-state index contributed by atoms with van der Waals surface area (Å²) in [5.74, 6) is 0. The molecule has 0 amide bonds. The second-order valence-corrected chi connectivity index (χ2v) is 3.71. The van der Waals surface area contributed by atoms with E-state index in [0.29, 0.717) is 26.1 Å². The highest BCUT2D eigenvalue weighted by Gasteiger charge is 2.30. The summed E-state index contributed by atoms with van der Waals surface area (Å²) in [5, 5.41) is 12.0. The molecular weight excluding hydrogens is 221 g/mol. The largest absolute Gasteiger partial charge is 0.401 e. The lowest BCUT2D eigenvalue weighted by molar-refractivity contribution is -0.145. The van der Waals surface area contributed by atoms with Crippen LogP contribution < -0.4 is 5.32 Å². The molecule has 0 radical (unpaired) electrons. The number of aliphatic hydroxyl groups excluding tert-OH is 1. The van der Waals surface area contributed by atoms with Crippen molar-refractivity contribution in [2.75, 3.05) is 32.8 Å². The van der Waals surface area contributed by atoms with Gasteiger partial charge in [0.2, 0.25) is 0 Å². The van der Waals surface area contributed by atoms with Crippen molar-refractivity contribution in [3.8, 4) is 0 Å². The molecule has 0 rings (SSSR count). The minimum absolute atomic E-state index is 0.0442. The second-order valence-electron chi connectivity index (χ2n) is 3.71. The average Bonchev–Trinajstić information content (AvgIpc) is 2.20. The van der Waals surface area contributed by atoms with Gasteiger partial charge in [0, 0.05) is 12.6 Å². The summed E-state index contributed by atoms with van der Waals surface area (Å²) < 4.78 is 36.4. The molecule has 0 aliphatic rings. The van der Waals surface area contributed by atoms with Crippen LogP contribution in [0.2, 0.25) is 0 Å². The summed E-state index contributed by atoms with van der Waals surface area (Å²) in [7, 11) is 0. The van der Waals surface area contributed by atoms with Gasteiger partial charge in [-0.2, -0.15) is 13.2 Å². The van der Waals surface area contributed by atoms with Crippen LogP contribution in [-0.2, 0) is 0 Å². The van der Waals surface area contributed by atoms with Crippen LogP contribution in [0, 0.1) is 0 Å². The van der Waals surface area contributed by atoms with E-state index in [9.17, 15) is 13.2 Å². The summed E-state index contributed by atoms with van der Waals surface area (Å²) in [4.78, 5) is 1.33. The number of rotatable bonds is 8. The van der Waals surface area contributed by atoms with Crippen LogP contribution in [0.4, 0.5) is 13.2 Å². The van der Waals surface area contributed by atoms with Gasteiger partial charge in [0.25, 0.3) is 0 Å². The van der Waals surface area contributed by atoms with E-state index in [0.717, 1.165) is 0 Å². The van der Waals surface area contributed by atoms with Gasteiger partial charge in [-0.05, 0) is 19.5 Å². The van der Waals surface area contributed by atoms with Crippen molar-refractivity contribution < 1.29 is 18.3 Å². The highest BCUT2D eigenvalue weighted by molar-refractivity contribution is 4.69. The predicted octanol–water partition coefficient (Wildman–Crippen LogP) is 1.23. The fraction of sp³-hybridized carbons (Fsp3) is 1.00. The number of nitrogens with one attached hydrogen (secondary N) is 1. The fourth-order valence-corrected chi connectivity index (χ4v) is 1.49. The van der Waals surface area contributed by atoms with Crippen LogP contribution in [0.15, 0.2) is 0 Å². The Morgan fingerprint density at radius 3 is 2.31 bits per heavy atom. The topological polar surface area (TPSA) is 35.5 Å². The zero-order valence-electron chi connectivity index (χ0n) is 9.85. The van der Waals surface area contributed by atoms with Crippen LogP contribution in [-0.4, -0.2) is 55.0 Å². The maximum absolute atomic E-state index is 12.1. The van der Waals surface area contributed by atoms with E-state index in [1.165, 1.54) is 4.90 Å². The van der Waals surface area contributed by atoms with Crippen LogP contribution in [0.1, 0.15) is 20.3 Å². The van der Waals surface area contributed by atoms with Crippen molar-refractivity contribution >= 4 is 0 Å². The van der Waals surface area contributed by atoms with E-state index in [2.05, 4.69) is 5.32 Å². The molecule has 1 atom stereocenters. The van der Waals surface area contributed by atoms with E-state index in [1.54, 1.807) is 6.92 Å². The van der Waals surface area contributed by atoms with Crippen LogP contribution in [0.25, 0.3) is 0 Å². The third-order valence-corrected chi connectivity index (χ3v) is 2.36. The van der Waals surface area contributed by atoms with Crippen LogP contribution in [0.5, 0.6) is 0 Å². The Morgan fingerprint density at radius 2 is 1.94 bits per heavy atom. The summed E-state index contributed by atoms with van der Waals surface area (Å²) in [6.07, 6.45) is -3.63. The van der Waals surface area contributed by atoms with E-state index >= 15 is 0 Å².